The lowest BCUT2D eigenvalue weighted by molar-refractivity contribution is 0.317. The molecule has 0 aliphatic heterocycles. The molecule has 23 heavy (non-hydrogen) atoms. The molecular weight excluding hydrogens is 286 g/mol. The Hall–Kier alpha value is -2.49. The van der Waals surface area contributed by atoms with Crippen LogP contribution in [0.4, 0.5) is 5.69 Å². The minimum absolute atomic E-state index is 0.750. The first kappa shape index (κ1) is 15.4. The molecule has 2 aromatic heterocycles. The Morgan fingerprint density at radius 1 is 1.09 bits per heavy atom. The molecule has 3 aromatic rings. The molecule has 0 bridgehead atoms. The van der Waals surface area contributed by atoms with E-state index in [-0.39, 0.29) is 0 Å². The van der Waals surface area contributed by atoms with Gasteiger partial charge in [0.15, 0.2) is 0 Å². The summed E-state index contributed by atoms with van der Waals surface area (Å²) in [6.07, 6.45) is 3.12. The highest BCUT2D eigenvalue weighted by Gasteiger charge is 2.11. The van der Waals surface area contributed by atoms with Crippen molar-refractivity contribution in [2.45, 2.75) is 27.2 Å². The second-order valence-electron chi connectivity index (χ2n) is 5.59. The molecular formula is C19H23N3O. The Balaban J connectivity index is 1.94. The van der Waals surface area contributed by atoms with Crippen molar-refractivity contribution >= 4 is 11.3 Å². The summed E-state index contributed by atoms with van der Waals surface area (Å²) in [5, 5.41) is 3.34. The zero-order valence-electron chi connectivity index (χ0n) is 14.0. The lowest BCUT2D eigenvalue weighted by Crippen LogP contribution is -1.98. The molecule has 0 saturated heterocycles. The second kappa shape index (κ2) is 6.73. The number of ether oxygens (including phenoxy) is 1. The van der Waals surface area contributed by atoms with E-state index in [1.165, 1.54) is 0 Å². The van der Waals surface area contributed by atoms with Gasteiger partial charge >= 0.3 is 0 Å². The van der Waals surface area contributed by atoms with Gasteiger partial charge in [-0.3, -0.25) is 0 Å². The van der Waals surface area contributed by atoms with Gasteiger partial charge in [-0.1, -0.05) is 6.92 Å². The van der Waals surface area contributed by atoms with Gasteiger partial charge < -0.3 is 14.5 Å². The monoisotopic (exact) mass is 309 g/mol. The van der Waals surface area contributed by atoms with Crippen molar-refractivity contribution in [3.8, 4) is 17.0 Å². The van der Waals surface area contributed by atoms with Crippen LogP contribution in [0.5, 0.6) is 5.75 Å². The van der Waals surface area contributed by atoms with Gasteiger partial charge in [0, 0.05) is 24.0 Å². The Morgan fingerprint density at radius 3 is 2.57 bits per heavy atom. The fourth-order valence-corrected chi connectivity index (χ4v) is 2.67. The normalized spacial score (nSPS) is 10.9. The van der Waals surface area contributed by atoms with Gasteiger partial charge in [0.1, 0.15) is 11.4 Å². The Morgan fingerprint density at radius 2 is 1.87 bits per heavy atom. The maximum atomic E-state index is 5.64. The van der Waals surface area contributed by atoms with Gasteiger partial charge in [-0.2, -0.15) is 0 Å². The van der Waals surface area contributed by atoms with Gasteiger partial charge in [0.2, 0.25) is 0 Å². The van der Waals surface area contributed by atoms with Crippen LogP contribution >= 0.6 is 0 Å². The molecule has 0 spiro atoms. The van der Waals surface area contributed by atoms with Crippen LogP contribution in [0.2, 0.25) is 0 Å². The summed E-state index contributed by atoms with van der Waals surface area (Å²) in [4.78, 5) is 4.77. The number of nitrogens with one attached hydrogen (secondary N) is 1. The van der Waals surface area contributed by atoms with E-state index in [4.69, 9.17) is 9.72 Å². The van der Waals surface area contributed by atoms with Gasteiger partial charge in [0.05, 0.1) is 18.0 Å². The summed E-state index contributed by atoms with van der Waals surface area (Å²) in [5.74, 6) is 0.909. The van der Waals surface area contributed by atoms with Crippen LogP contribution in [0.15, 0.2) is 42.6 Å². The highest BCUT2D eigenvalue weighted by molar-refractivity contribution is 5.68. The zero-order chi connectivity index (χ0) is 16.2. The Bertz CT molecular complexity index is 790. The van der Waals surface area contributed by atoms with Gasteiger partial charge in [-0.15, -0.1) is 0 Å². The third kappa shape index (κ3) is 3.16. The molecule has 4 heteroatoms. The maximum Gasteiger partial charge on any atom is 0.137 e. The SMILES string of the molecule is CCCOc1ccc(-c2nc3ccc(NCC)cn3c2C)cc1. The molecule has 0 saturated carbocycles. The van der Waals surface area contributed by atoms with E-state index in [0.29, 0.717) is 0 Å². The number of imidazole rings is 1. The van der Waals surface area contributed by atoms with E-state index in [1.54, 1.807) is 0 Å². The second-order valence-corrected chi connectivity index (χ2v) is 5.59. The number of aromatic nitrogens is 2. The standard InChI is InChI=1S/C19H23N3O/c1-4-12-23-17-9-6-15(7-10-17)19-14(3)22-13-16(20-5-2)8-11-18(22)21-19/h6-11,13,20H,4-5,12H2,1-3H3. The van der Waals surface area contributed by atoms with E-state index in [1.807, 2.05) is 18.2 Å². The first-order valence-electron chi connectivity index (χ1n) is 8.18. The summed E-state index contributed by atoms with van der Waals surface area (Å²) >= 11 is 0. The van der Waals surface area contributed by atoms with Crippen molar-refractivity contribution in [2.24, 2.45) is 0 Å². The maximum absolute atomic E-state index is 5.64. The van der Waals surface area contributed by atoms with Crippen molar-refractivity contribution in [3.05, 3.63) is 48.3 Å². The molecule has 4 nitrogen and oxygen atoms in total. The first-order valence-corrected chi connectivity index (χ1v) is 8.18. The summed E-state index contributed by atoms with van der Waals surface area (Å²) in [6, 6.07) is 12.3. The minimum atomic E-state index is 0.750. The van der Waals surface area contributed by atoms with E-state index in [2.05, 4.69) is 54.9 Å². The third-order valence-corrected chi connectivity index (χ3v) is 3.84. The summed E-state index contributed by atoms with van der Waals surface area (Å²) < 4.78 is 7.78. The molecule has 0 fully saturated rings. The number of rotatable bonds is 6. The fourth-order valence-electron chi connectivity index (χ4n) is 2.67. The van der Waals surface area contributed by atoms with E-state index in [0.717, 1.165) is 53.6 Å². The topological polar surface area (TPSA) is 38.6 Å². The number of benzene rings is 1. The Labute approximate surface area is 137 Å². The number of nitrogens with zero attached hydrogens (tertiary/aromatic N) is 2. The lowest BCUT2D eigenvalue weighted by Gasteiger charge is -2.06. The van der Waals surface area contributed by atoms with Crippen LogP contribution in [0.25, 0.3) is 16.9 Å². The summed E-state index contributed by atoms with van der Waals surface area (Å²) in [7, 11) is 0. The highest BCUT2D eigenvalue weighted by atomic mass is 16.5. The molecule has 0 atom stereocenters. The number of aryl methyl sites for hydroxylation is 1. The van der Waals surface area contributed by atoms with Crippen LogP contribution in [0, 0.1) is 6.92 Å². The van der Waals surface area contributed by atoms with E-state index in [9.17, 15) is 0 Å². The van der Waals surface area contributed by atoms with Crippen LogP contribution in [0.3, 0.4) is 0 Å². The van der Waals surface area contributed by atoms with Crippen molar-refractivity contribution in [1.29, 1.82) is 0 Å². The Kier molecular flexibility index (Phi) is 4.51. The molecule has 0 amide bonds. The molecule has 2 heterocycles. The quantitative estimate of drug-likeness (QED) is 0.727. The third-order valence-electron chi connectivity index (χ3n) is 3.84. The number of anilines is 1. The molecule has 0 radical (unpaired) electrons. The van der Waals surface area contributed by atoms with Crippen molar-refractivity contribution < 1.29 is 4.74 Å². The smallest absolute Gasteiger partial charge is 0.137 e. The lowest BCUT2D eigenvalue weighted by atomic mass is 10.1. The number of hydrogen-bond acceptors (Lipinski definition) is 3. The van der Waals surface area contributed by atoms with Crippen molar-refractivity contribution in [3.63, 3.8) is 0 Å². The van der Waals surface area contributed by atoms with Crippen LogP contribution in [0.1, 0.15) is 26.0 Å². The summed E-state index contributed by atoms with van der Waals surface area (Å²) in [6.45, 7) is 7.96. The molecule has 0 unspecified atom stereocenters. The average Bonchev–Trinajstić information content (AvgIpc) is 2.90. The minimum Gasteiger partial charge on any atom is -0.494 e. The van der Waals surface area contributed by atoms with Gasteiger partial charge in [-0.05, 0) is 56.7 Å². The first-order chi connectivity index (χ1) is 11.2. The fraction of sp³-hybridized carbons (Fsp3) is 0.316. The summed E-state index contributed by atoms with van der Waals surface area (Å²) in [5.41, 5.74) is 5.34. The van der Waals surface area contributed by atoms with Crippen molar-refractivity contribution in [2.75, 3.05) is 18.5 Å². The average molecular weight is 309 g/mol. The number of hydrogen-bond donors (Lipinski definition) is 1. The van der Waals surface area contributed by atoms with E-state index < -0.39 is 0 Å². The predicted octanol–water partition coefficient (Wildman–Crippen LogP) is 4.53. The predicted molar refractivity (Wildman–Crippen MR) is 95.3 cm³/mol. The van der Waals surface area contributed by atoms with Crippen LogP contribution < -0.4 is 10.1 Å². The van der Waals surface area contributed by atoms with Gasteiger partial charge in [0.25, 0.3) is 0 Å². The van der Waals surface area contributed by atoms with Crippen LogP contribution in [-0.4, -0.2) is 22.5 Å². The molecule has 120 valence electrons. The van der Waals surface area contributed by atoms with Gasteiger partial charge in [-0.25, -0.2) is 4.98 Å². The molecule has 3 rings (SSSR count). The molecule has 1 N–H and O–H groups in total. The zero-order valence-corrected chi connectivity index (χ0v) is 14.0. The highest BCUT2D eigenvalue weighted by Crippen LogP contribution is 2.26. The van der Waals surface area contributed by atoms with Crippen LogP contribution in [-0.2, 0) is 0 Å². The van der Waals surface area contributed by atoms with Crippen molar-refractivity contribution in [1.82, 2.24) is 9.38 Å². The number of fused-ring (bicyclic) bond motifs is 1. The largest absolute Gasteiger partial charge is 0.494 e. The molecule has 0 aliphatic carbocycles. The molecule has 0 aliphatic rings. The molecule has 1 aromatic carbocycles. The number of pyridine rings is 1. The van der Waals surface area contributed by atoms with E-state index >= 15 is 0 Å².